The molecule has 1 saturated carbocycles. The molecule has 0 atom stereocenters. The van der Waals surface area contributed by atoms with E-state index in [-0.39, 0.29) is 11.5 Å². The molecular formula is C26H34N4O3. The van der Waals surface area contributed by atoms with Crippen LogP contribution in [0.5, 0.6) is 11.6 Å². The average molecular weight is 451 g/mol. The molecule has 2 aliphatic heterocycles. The minimum absolute atomic E-state index is 0.173. The van der Waals surface area contributed by atoms with Gasteiger partial charge in [-0.2, -0.15) is 0 Å². The zero-order valence-corrected chi connectivity index (χ0v) is 20.0. The molecule has 2 aromatic heterocycles. The van der Waals surface area contributed by atoms with Gasteiger partial charge in [0.2, 0.25) is 11.8 Å². The number of aryl methyl sites for hydroxylation is 1. The Labute approximate surface area is 196 Å². The molecule has 0 aromatic carbocycles. The van der Waals surface area contributed by atoms with E-state index < -0.39 is 0 Å². The Hall–Kier alpha value is -2.83. The Morgan fingerprint density at radius 3 is 2.58 bits per heavy atom. The number of hydrogen-bond donors (Lipinski definition) is 0. The molecule has 2 fully saturated rings. The van der Waals surface area contributed by atoms with Crippen LogP contribution >= 0.6 is 0 Å². The topological polar surface area (TPSA) is 67.8 Å². The molecule has 3 aliphatic rings. The highest BCUT2D eigenvalue weighted by molar-refractivity contribution is 5.83. The number of carbonyl (C=O) groups is 1. The number of amides is 1. The molecule has 1 saturated heterocycles. The number of anilines is 1. The Bertz CT molecular complexity index is 1010. The maximum Gasteiger partial charge on any atom is 0.229 e. The first-order valence-electron chi connectivity index (χ1n) is 12.2. The number of pyridine rings is 2. The summed E-state index contributed by atoms with van der Waals surface area (Å²) >= 11 is 0. The van der Waals surface area contributed by atoms with Crippen LogP contribution in [0, 0.1) is 12.3 Å². The number of aromatic nitrogens is 2. The number of fused-ring (bicyclic) bond motifs is 1. The second kappa shape index (κ2) is 8.84. The van der Waals surface area contributed by atoms with Crippen molar-refractivity contribution < 1.29 is 14.3 Å². The first kappa shape index (κ1) is 22.0. The normalized spacial score (nSPS) is 20.1. The van der Waals surface area contributed by atoms with Gasteiger partial charge < -0.3 is 19.3 Å². The van der Waals surface area contributed by atoms with Crippen LogP contribution in [0.1, 0.15) is 62.3 Å². The van der Waals surface area contributed by atoms with E-state index in [9.17, 15) is 4.79 Å². The molecule has 7 heteroatoms. The summed E-state index contributed by atoms with van der Waals surface area (Å²) in [6.45, 7) is 7.43. The maximum absolute atomic E-state index is 13.2. The van der Waals surface area contributed by atoms with Gasteiger partial charge >= 0.3 is 0 Å². The number of methoxy groups -OCH3 is 1. The molecule has 1 aliphatic carbocycles. The predicted molar refractivity (Wildman–Crippen MR) is 126 cm³/mol. The number of hydrogen-bond acceptors (Lipinski definition) is 6. The van der Waals surface area contributed by atoms with Crippen molar-refractivity contribution in [2.45, 2.75) is 71.6 Å². The van der Waals surface area contributed by atoms with Gasteiger partial charge in [-0.3, -0.25) is 4.79 Å². The first-order chi connectivity index (χ1) is 15.9. The Balaban J connectivity index is 1.21. The fraction of sp³-hybridized carbons (Fsp3) is 0.577. The summed E-state index contributed by atoms with van der Waals surface area (Å²) in [5, 5.41) is 0. The summed E-state index contributed by atoms with van der Waals surface area (Å²) in [5.41, 5.74) is 3.28. The monoisotopic (exact) mass is 450 g/mol. The Morgan fingerprint density at radius 1 is 1.15 bits per heavy atom. The lowest BCUT2D eigenvalue weighted by Crippen LogP contribution is -2.39. The number of piperidine rings is 1. The van der Waals surface area contributed by atoms with Crippen LogP contribution in [0.25, 0.3) is 0 Å². The molecule has 5 rings (SSSR count). The van der Waals surface area contributed by atoms with E-state index in [0.29, 0.717) is 24.9 Å². The van der Waals surface area contributed by atoms with Gasteiger partial charge in [0, 0.05) is 44.0 Å². The standard InChI is InChI=1S/C26H34N4O3/c1-18-14-19-16-30(25(31)26(2)10-4-5-11-26)17-22(19)28-24(18)29-12-8-20(9-13-29)33-21-6-7-23(32-3)27-15-21/h6-7,14-15,20H,4-5,8-13,16-17H2,1-3H3. The van der Waals surface area contributed by atoms with E-state index in [1.54, 1.807) is 13.3 Å². The van der Waals surface area contributed by atoms with Gasteiger partial charge in [-0.15, -0.1) is 0 Å². The highest BCUT2D eigenvalue weighted by Gasteiger charge is 2.41. The lowest BCUT2D eigenvalue weighted by atomic mass is 9.87. The van der Waals surface area contributed by atoms with Crippen molar-refractivity contribution in [3.63, 3.8) is 0 Å². The number of carbonyl (C=O) groups excluding carboxylic acids is 1. The summed E-state index contributed by atoms with van der Waals surface area (Å²) in [6, 6.07) is 5.97. The molecule has 176 valence electrons. The van der Waals surface area contributed by atoms with Gasteiger partial charge in [0.25, 0.3) is 0 Å². The Kier molecular flexibility index (Phi) is 5.89. The van der Waals surface area contributed by atoms with Gasteiger partial charge in [-0.25, -0.2) is 9.97 Å². The van der Waals surface area contributed by atoms with E-state index in [1.165, 1.54) is 24.0 Å². The fourth-order valence-corrected chi connectivity index (χ4v) is 5.56. The number of rotatable bonds is 5. The van der Waals surface area contributed by atoms with Crippen molar-refractivity contribution in [3.8, 4) is 11.6 Å². The predicted octanol–water partition coefficient (Wildman–Crippen LogP) is 4.26. The van der Waals surface area contributed by atoms with E-state index in [0.717, 1.165) is 56.0 Å². The van der Waals surface area contributed by atoms with Crippen LogP contribution in [0.4, 0.5) is 5.82 Å². The molecule has 33 heavy (non-hydrogen) atoms. The molecule has 1 amide bonds. The third-order valence-corrected chi connectivity index (χ3v) is 7.53. The maximum atomic E-state index is 13.2. The summed E-state index contributed by atoms with van der Waals surface area (Å²) in [6.07, 6.45) is 8.13. The summed E-state index contributed by atoms with van der Waals surface area (Å²) in [4.78, 5) is 26.9. The van der Waals surface area contributed by atoms with Crippen LogP contribution in [-0.2, 0) is 17.9 Å². The smallest absolute Gasteiger partial charge is 0.229 e. The molecule has 0 unspecified atom stereocenters. The van der Waals surface area contributed by atoms with E-state index in [4.69, 9.17) is 14.5 Å². The number of nitrogens with zero attached hydrogens (tertiary/aromatic N) is 4. The minimum Gasteiger partial charge on any atom is -0.489 e. The molecule has 0 N–H and O–H groups in total. The van der Waals surface area contributed by atoms with Crippen molar-refractivity contribution in [2.75, 3.05) is 25.1 Å². The van der Waals surface area contributed by atoms with Crippen molar-refractivity contribution >= 4 is 11.7 Å². The Morgan fingerprint density at radius 2 is 1.91 bits per heavy atom. The van der Waals surface area contributed by atoms with Crippen LogP contribution in [-0.4, -0.2) is 47.1 Å². The van der Waals surface area contributed by atoms with E-state index >= 15 is 0 Å². The quantitative estimate of drug-likeness (QED) is 0.678. The van der Waals surface area contributed by atoms with Crippen LogP contribution in [0.15, 0.2) is 24.4 Å². The van der Waals surface area contributed by atoms with Crippen molar-refractivity contribution in [3.05, 3.63) is 41.2 Å². The van der Waals surface area contributed by atoms with Gasteiger partial charge in [0.15, 0.2) is 0 Å². The highest BCUT2D eigenvalue weighted by Crippen LogP contribution is 2.41. The summed E-state index contributed by atoms with van der Waals surface area (Å²) in [5.74, 6) is 2.73. The lowest BCUT2D eigenvalue weighted by molar-refractivity contribution is -0.141. The SMILES string of the molecule is COc1ccc(OC2CCN(c3nc4c(cc3C)CN(C(=O)C3(C)CCCC3)C4)CC2)cn1. The second-order valence-electron chi connectivity index (χ2n) is 10.0. The molecular weight excluding hydrogens is 416 g/mol. The van der Waals surface area contributed by atoms with Gasteiger partial charge in [-0.1, -0.05) is 19.8 Å². The highest BCUT2D eigenvalue weighted by atomic mass is 16.5. The molecule has 0 spiro atoms. The van der Waals surface area contributed by atoms with Crippen LogP contribution in [0.3, 0.4) is 0 Å². The molecule has 0 radical (unpaired) electrons. The molecule has 2 aromatic rings. The van der Waals surface area contributed by atoms with Crippen LogP contribution < -0.4 is 14.4 Å². The number of ether oxygens (including phenoxy) is 2. The zero-order chi connectivity index (χ0) is 23.0. The molecule has 7 nitrogen and oxygen atoms in total. The minimum atomic E-state index is -0.179. The zero-order valence-electron chi connectivity index (χ0n) is 20.0. The largest absolute Gasteiger partial charge is 0.489 e. The van der Waals surface area contributed by atoms with Crippen molar-refractivity contribution in [1.82, 2.24) is 14.9 Å². The average Bonchev–Trinajstić information content (AvgIpc) is 3.46. The third kappa shape index (κ3) is 4.37. The summed E-state index contributed by atoms with van der Waals surface area (Å²) in [7, 11) is 1.61. The summed E-state index contributed by atoms with van der Waals surface area (Å²) < 4.78 is 11.2. The first-order valence-corrected chi connectivity index (χ1v) is 12.2. The lowest BCUT2D eigenvalue weighted by Gasteiger charge is -2.34. The van der Waals surface area contributed by atoms with Crippen LogP contribution in [0.2, 0.25) is 0 Å². The van der Waals surface area contributed by atoms with Gasteiger partial charge in [0.05, 0.1) is 25.5 Å². The van der Waals surface area contributed by atoms with Crippen molar-refractivity contribution in [2.24, 2.45) is 5.41 Å². The molecule has 0 bridgehead atoms. The van der Waals surface area contributed by atoms with E-state index in [1.807, 2.05) is 17.0 Å². The third-order valence-electron chi connectivity index (χ3n) is 7.53. The van der Waals surface area contributed by atoms with Gasteiger partial charge in [0.1, 0.15) is 17.7 Å². The van der Waals surface area contributed by atoms with E-state index in [2.05, 4.69) is 29.8 Å². The fourth-order valence-electron chi connectivity index (χ4n) is 5.56. The second-order valence-corrected chi connectivity index (χ2v) is 10.0. The van der Waals surface area contributed by atoms with Gasteiger partial charge in [-0.05, 0) is 43.0 Å². The molecule has 4 heterocycles. The van der Waals surface area contributed by atoms with Crippen molar-refractivity contribution in [1.29, 1.82) is 0 Å².